The number of nitrogens with zero attached hydrogens (tertiary/aromatic N) is 1. The summed E-state index contributed by atoms with van der Waals surface area (Å²) in [5, 5.41) is 0. The Morgan fingerprint density at radius 1 is 1.38 bits per heavy atom. The molecule has 0 saturated carbocycles. The molecule has 3 unspecified atom stereocenters. The highest BCUT2D eigenvalue weighted by Gasteiger charge is 2.49. The molecule has 0 aromatic heterocycles. The van der Waals surface area contributed by atoms with Gasteiger partial charge in [-0.15, -0.1) is 0 Å². The van der Waals surface area contributed by atoms with Crippen LogP contribution in [0.1, 0.15) is 59.8 Å². The quantitative estimate of drug-likeness (QED) is 0.359. The zero-order valence-electron chi connectivity index (χ0n) is 13.8. The molecule has 3 nitrogen and oxygen atoms in total. The molecule has 0 N–H and O–H groups in total. The molecular weight excluding hydrogens is 321 g/mol. The van der Waals surface area contributed by atoms with Crippen LogP contribution in [0.25, 0.3) is 0 Å². The first-order chi connectivity index (χ1) is 9.89. The van der Waals surface area contributed by atoms with Gasteiger partial charge in [-0.3, -0.25) is 4.79 Å². The monoisotopic (exact) mass is 351 g/mol. The maximum Gasteiger partial charge on any atom is 0.269 e. The molecule has 0 aromatic carbocycles. The van der Waals surface area contributed by atoms with Gasteiger partial charge in [-0.2, -0.15) is 4.31 Å². The van der Waals surface area contributed by atoms with Crippen LogP contribution in [0.4, 0.5) is 0 Å². The Balaban J connectivity index is 2.65. The van der Waals surface area contributed by atoms with Crippen molar-refractivity contribution in [3.05, 3.63) is 0 Å². The van der Waals surface area contributed by atoms with Crippen molar-refractivity contribution in [1.82, 2.24) is 4.31 Å². The zero-order valence-corrected chi connectivity index (χ0v) is 16.4. The molecule has 0 bridgehead atoms. The van der Waals surface area contributed by atoms with E-state index in [9.17, 15) is 9.35 Å². The van der Waals surface area contributed by atoms with Crippen molar-refractivity contribution in [3.8, 4) is 0 Å². The first kappa shape index (κ1) is 19.5. The summed E-state index contributed by atoms with van der Waals surface area (Å²) in [6.45, 7) is 9.15. The molecule has 1 heterocycles. The van der Waals surface area contributed by atoms with Crippen molar-refractivity contribution in [3.63, 3.8) is 0 Å². The molecule has 0 aromatic rings. The summed E-state index contributed by atoms with van der Waals surface area (Å²) in [5.74, 6) is 0.473. The van der Waals surface area contributed by atoms with Crippen molar-refractivity contribution in [2.24, 2.45) is 5.92 Å². The van der Waals surface area contributed by atoms with Gasteiger partial charge < -0.3 is 4.55 Å². The standard InChI is InChI=1S/C15H30NO2PS2/c1-5-8-9-10-13(4)12-16-14(17)11-15(21(16)18)19(20,6-2)7-3/h13,15H,5-12H2,1-4H3. The fourth-order valence-corrected chi connectivity index (χ4v) is 9.27. The maximum atomic E-state index is 12.7. The number of hydrogen-bond donors (Lipinski definition) is 0. The summed E-state index contributed by atoms with van der Waals surface area (Å²) in [5.41, 5.74) is 0. The second kappa shape index (κ2) is 8.90. The van der Waals surface area contributed by atoms with Crippen molar-refractivity contribution in [1.29, 1.82) is 0 Å². The molecule has 6 heteroatoms. The molecule has 1 amide bonds. The normalized spacial score (nSPS) is 24.6. The molecule has 0 aliphatic carbocycles. The second-order valence-electron chi connectivity index (χ2n) is 6.08. The van der Waals surface area contributed by atoms with Crippen LogP contribution in [0.15, 0.2) is 0 Å². The minimum Gasteiger partial charge on any atom is -0.592 e. The minimum atomic E-state index is -1.66. The third-order valence-corrected chi connectivity index (χ3v) is 13.7. The van der Waals surface area contributed by atoms with Crippen molar-refractivity contribution in [2.45, 2.75) is 64.8 Å². The molecule has 21 heavy (non-hydrogen) atoms. The van der Waals surface area contributed by atoms with E-state index in [1.54, 1.807) is 4.31 Å². The Hall–Kier alpha value is 0.430. The molecular formula is C15H30NO2PS2. The van der Waals surface area contributed by atoms with E-state index >= 15 is 0 Å². The summed E-state index contributed by atoms with van der Waals surface area (Å²) in [4.78, 5) is 12.2. The van der Waals surface area contributed by atoms with Gasteiger partial charge >= 0.3 is 0 Å². The molecule has 1 rings (SSSR count). The van der Waals surface area contributed by atoms with E-state index in [2.05, 4.69) is 27.7 Å². The number of unbranched alkanes of at least 4 members (excludes halogenated alkanes) is 2. The number of rotatable bonds is 9. The Morgan fingerprint density at radius 3 is 2.52 bits per heavy atom. The molecule has 1 fully saturated rings. The van der Waals surface area contributed by atoms with Crippen molar-refractivity contribution < 1.29 is 9.35 Å². The van der Waals surface area contributed by atoms with E-state index in [1.165, 1.54) is 19.3 Å². The highest BCUT2D eigenvalue weighted by Crippen LogP contribution is 2.56. The van der Waals surface area contributed by atoms with Gasteiger partial charge in [0.15, 0.2) is 4.99 Å². The third kappa shape index (κ3) is 4.95. The van der Waals surface area contributed by atoms with Gasteiger partial charge in [0.25, 0.3) is 5.91 Å². The average molecular weight is 352 g/mol. The maximum absolute atomic E-state index is 12.7. The van der Waals surface area contributed by atoms with E-state index in [1.807, 2.05) is 0 Å². The molecule has 1 saturated heterocycles. The lowest BCUT2D eigenvalue weighted by molar-refractivity contribution is -0.125. The first-order valence-electron chi connectivity index (χ1n) is 8.18. The molecule has 0 radical (unpaired) electrons. The lowest BCUT2D eigenvalue weighted by atomic mass is 10.0. The fourth-order valence-electron chi connectivity index (χ4n) is 2.82. The Bertz CT molecular complexity index is 384. The topological polar surface area (TPSA) is 43.4 Å². The third-order valence-electron chi connectivity index (χ3n) is 4.45. The Kier molecular flexibility index (Phi) is 8.26. The summed E-state index contributed by atoms with van der Waals surface area (Å²) in [7, 11) is 0. The van der Waals surface area contributed by atoms with Crippen LogP contribution in [-0.4, -0.2) is 38.6 Å². The predicted molar refractivity (Wildman–Crippen MR) is 96.9 cm³/mol. The van der Waals surface area contributed by atoms with Crippen LogP contribution < -0.4 is 0 Å². The van der Waals surface area contributed by atoms with E-state index in [4.69, 9.17) is 11.8 Å². The van der Waals surface area contributed by atoms with E-state index in [0.29, 0.717) is 18.9 Å². The van der Waals surface area contributed by atoms with Gasteiger partial charge in [-0.05, 0) is 24.7 Å². The molecule has 3 atom stereocenters. The van der Waals surface area contributed by atoms with Crippen molar-refractivity contribution in [2.75, 3.05) is 18.9 Å². The average Bonchev–Trinajstić information content (AvgIpc) is 2.75. The highest BCUT2D eigenvalue weighted by molar-refractivity contribution is 8.20. The van der Waals surface area contributed by atoms with Crippen LogP contribution in [0.5, 0.6) is 0 Å². The number of carbonyl (C=O) groups excluding carboxylic acids is 1. The summed E-state index contributed by atoms with van der Waals surface area (Å²) < 4.78 is 14.3. The summed E-state index contributed by atoms with van der Waals surface area (Å²) >= 11 is 4.59. The van der Waals surface area contributed by atoms with Gasteiger partial charge in [-0.1, -0.05) is 58.8 Å². The van der Waals surface area contributed by atoms with Crippen LogP contribution >= 0.6 is 6.04 Å². The zero-order chi connectivity index (χ0) is 16.0. The second-order valence-corrected chi connectivity index (χ2v) is 14.0. The summed E-state index contributed by atoms with van der Waals surface area (Å²) in [6.07, 6.45) is 6.96. The number of amides is 1. The van der Waals surface area contributed by atoms with Crippen LogP contribution in [0.2, 0.25) is 0 Å². The van der Waals surface area contributed by atoms with Crippen LogP contribution in [0, 0.1) is 5.92 Å². The molecule has 124 valence electrons. The largest absolute Gasteiger partial charge is 0.592 e. The van der Waals surface area contributed by atoms with E-state index < -0.39 is 17.4 Å². The van der Waals surface area contributed by atoms with E-state index in [0.717, 1.165) is 18.7 Å². The number of carbonyl (C=O) groups is 1. The summed E-state index contributed by atoms with van der Waals surface area (Å²) in [6, 6.07) is -1.66. The molecule has 1 aliphatic rings. The van der Waals surface area contributed by atoms with Gasteiger partial charge in [0, 0.05) is 6.04 Å². The predicted octanol–water partition coefficient (Wildman–Crippen LogP) is 3.94. The Labute approximate surface area is 138 Å². The minimum absolute atomic E-state index is 0.0526. The van der Waals surface area contributed by atoms with Gasteiger partial charge in [0.05, 0.1) is 24.3 Å². The number of hydrogen-bond acceptors (Lipinski definition) is 3. The van der Waals surface area contributed by atoms with Crippen molar-refractivity contribution >= 4 is 35.1 Å². The Morgan fingerprint density at radius 2 is 2.00 bits per heavy atom. The SMILES string of the molecule is CCCCCC(C)CN1C(=O)CC(P(=S)(CC)CC)[S+]1[O-]. The first-order valence-corrected chi connectivity index (χ1v) is 12.6. The van der Waals surface area contributed by atoms with Crippen LogP contribution in [0.3, 0.4) is 0 Å². The lowest BCUT2D eigenvalue weighted by Gasteiger charge is -2.28. The molecule has 1 aliphatic heterocycles. The van der Waals surface area contributed by atoms with Crippen LogP contribution in [-0.2, 0) is 28.0 Å². The molecule has 0 spiro atoms. The smallest absolute Gasteiger partial charge is 0.269 e. The van der Waals surface area contributed by atoms with Gasteiger partial charge in [0.1, 0.15) is 0 Å². The van der Waals surface area contributed by atoms with Gasteiger partial charge in [-0.25, -0.2) is 0 Å². The lowest BCUT2D eigenvalue weighted by Crippen LogP contribution is -2.35. The highest BCUT2D eigenvalue weighted by atomic mass is 32.4. The van der Waals surface area contributed by atoms with Gasteiger partial charge in [0.2, 0.25) is 0 Å². The van der Waals surface area contributed by atoms with E-state index in [-0.39, 0.29) is 10.9 Å². The fraction of sp³-hybridized carbons (Fsp3) is 0.933.